The number of likely N-dealkylation sites (tertiary alicyclic amines) is 1. The molecule has 2 fully saturated rings. The lowest BCUT2D eigenvalue weighted by atomic mass is 9.96. The van der Waals surface area contributed by atoms with Crippen LogP contribution in [0, 0.1) is 11.7 Å². The highest BCUT2D eigenvalue weighted by atomic mass is 127. The second-order valence-electron chi connectivity index (χ2n) is 8.60. The Morgan fingerprint density at radius 3 is 2.57 bits per heavy atom. The van der Waals surface area contributed by atoms with E-state index >= 15 is 0 Å². The summed E-state index contributed by atoms with van der Waals surface area (Å²) in [6.45, 7) is 11.7. The molecule has 0 aromatic heterocycles. The van der Waals surface area contributed by atoms with Crippen LogP contribution in [-0.2, 0) is 5.41 Å². The van der Waals surface area contributed by atoms with E-state index < -0.39 is 0 Å². The number of hydrogen-bond acceptors (Lipinski definition) is 2. The average Bonchev–Trinajstić information content (AvgIpc) is 3.42. The van der Waals surface area contributed by atoms with E-state index in [0.717, 1.165) is 69.3 Å². The van der Waals surface area contributed by atoms with Crippen molar-refractivity contribution in [2.45, 2.75) is 57.9 Å². The van der Waals surface area contributed by atoms with E-state index in [0.29, 0.717) is 6.04 Å². The molecule has 0 bridgehead atoms. The number of hydrogen-bond donors (Lipinski definition) is 2. The van der Waals surface area contributed by atoms with E-state index in [1.807, 2.05) is 12.1 Å². The molecule has 2 aliphatic rings. The van der Waals surface area contributed by atoms with Crippen LogP contribution in [0.4, 0.5) is 4.39 Å². The molecule has 0 atom stereocenters. The van der Waals surface area contributed by atoms with Crippen LogP contribution in [0.5, 0.6) is 0 Å². The third kappa shape index (κ3) is 6.58. The maximum absolute atomic E-state index is 13.6. The standard InChI is InChI=1S/C22H35FN4.HI/c1-4-24-21(26-20-8-12-27(13-9-20)15-17(2)3)25-16-22(10-11-22)18-6-5-7-19(23)14-18;/h5-7,14,17,20H,4,8-13,15-16H2,1-3H3,(H2,24,25,26);1H. The fourth-order valence-corrected chi connectivity index (χ4v) is 4.03. The fraction of sp³-hybridized carbons (Fsp3) is 0.682. The molecule has 4 nitrogen and oxygen atoms in total. The first-order valence-electron chi connectivity index (χ1n) is 10.5. The van der Waals surface area contributed by atoms with Crippen LogP contribution in [0.2, 0.25) is 0 Å². The summed E-state index contributed by atoms with van der Waals surface area (Å²) in [7, 11) is 0. The number of guanidine groups is 1. The average molecular weight is 502 g/mol. The Kier molecular flexibility index (Phi) is 8.99. The van der Waals surface area contributed by atoms with Gasteiger partial charge in [0, 0.05) is 37.6 Å². The molecule has 1 heterocycles. The summed E-state index contributed by atoms with van der Waals surface area (Å²) in [5.74, 6) is 1.48. The van der Waals surface area contributed by atoms with Crippen molar-refractivity contribution in [1.29, 1.82) is 0 Å². The Labute approximate surface area is 186 Å². The van der Waals surface area contributed by atoms with Crippen LogP contribution >= 0.6 is 24.0 Å². The van der Waals surface area contributed by atoms with E-state index in [1.54, 1.807) is 6.07 Å². The number of aliphatic imine (C=N–C) groups is 1. The topological polar surface area (TPSA) is 39.7 Å². The fourth-order valence-electron chi connectivity index (χ4n) is 4.03. The quantitative estimate of drug-likeness (QED) is 0.335. The van der Waals surface area contributed by atoms with Gasteiger partial charge in [-0.1, -0.05) is 26.0 Å². The molecule has 1 aromatic rings. The van der Waals surface area contributed by atoms with Gasteiger partial charge in [-0.2, -0.15) is 0 Å². The second-order valence-corrected chi connectivity index (χ2v) is 8.60. The summed E-state index contributed by atoms with van der Waals surface area (Å²) in [6.07, 6.45) is 4.50. The van der Waals surface area contributed by atoms with E-state index in [4.69, 9.17) is 4.99 Å². The minimum Gasteiger partial charge on any atom is -0.357 e. The number of nitrogens with one attached hydrogen (secondary N) is 2. The molecule has 1 aliphatic heterocycles. The van der Waals surface area contributed by atoms with Crippen LogP contribution in [0.1, 0.15) is 52.0 Å². The minimum atomic E-state index is -0.152. The smallest absolute Gasteiger partial charge is 0.191 e. The van der Waals surface area contributed by atoms with Gasteiger partial charge in [0.25, 0.3) is 0 Å². The first kappa shape index (κ1) is 23.4. The molecule has 28 heavy (non-hydrogen) atoms. The molecule has 1 aromatic carbocycles. The van der Waals surface area contributed by atoms with Crippen molar-refractivity contribution in [2.75, 3.05) is 32.7 Å². The summed E-state index contributed by atoms with van der Waals surface area (Å²) in [6, 6.07) is 7.52. The van der Waals surface area contributed by atoms with Gasteiger partial charge in [0.15, 0.2) is 5.96 Å². The molecule has 1 aliphatic carbocycles. The van der Waals surface area contributed by atoms with Gasteiger partial charge in [-0.15, -0.1) is 24.0 Å². The van der Waals surface area contributed by atoms with Gasteiger partial charge in [0.1, 0.15) is 5.82 Å². The highest BCUT2D eigenvalue weighted by molar-refractivity contribution is 14.0. The summed E-state index contributed by atoms with van der Waals surface area (Å²) in [5.41, 5.74) is 1.12. The van der Waals surface area contributed by atoms with Crippen LogP contribution < -0.4 is 10.6 Å². The number of rotatable bonds is 7. The van der Waals surface area contributed by atoms with Crippen LogP contribution in [0.3, 0.4) is 0 Å². The molecule has 158 valence electrons. The third-order valence-electron chi connectivity index (χ3n) is 5.73. The molecule has 3 rings (SSSR count). The van der Waals surface area contributed by atoms with Crippen LogP contribution in [0.25, 0.3) is 0 Å². The number of nitrogens with zero attached hydrogens (tertiary/aromatic N) is 2. The minimum absolute atomic E-state index is 0. The Morgan fingerprint density at radius 1 is 1.29 bits per heavy atom. The van der Waals surface area contributed by atoms with Gasteiger partial charge < -0.3 is 15.5 Å². The molecular weight excluding hydrogens is 466 g/mol. The molecule has 1 saturated heterocycles. The van der Waals surface area contributed by atoms with Gasteiger partial charge in [0.05, 0.1) is 6.54 Å². The van der Waals surface area contributed by atoms with Gasteiger partial charge in [0.2, 0.25) is 0 Å². The maximum atomic E-state index is 13.6. The number of piperidine rings is 1. The highest BCUT2D eigenvalue weighted by Gasteiger charge is 2.44. The predicted octanol–water partition coefficient (Wildman–Crippen LogP) is 4.15. The second kappa shape index (κ2) is 10.8. The summed E-state index contributed by atoms with van der Waals surface area (Å²) < 4.78 is 13.6. The predicted molar refractivity (Wildman–Crippen MR) is 126 cm³/mol. The molecule has 6 heteroatoms. The zero-order valence-corrected chi connectivity index (χ0v) is 19.8. The molecule has 0 amide bonds. The Bertz CT molecular complexity index is 637. The number of halogens is 2. The van der Waals surface area contributed by atoms with Gasteiger partial charge in [-0.3, -0.25) is 4.99 Å². The normalized spacial score (nSPS) is 20.0. The van der Waals surface area contributed by atoms with E-state index in [1.165, 1.54) is 12.6 Å². The van der Waals surface area contributed by atoms with Crippen molar-refractivity contribution < 1.29 is 4.39 Å². The lowest BCUT2D eigenvalue weighted by molar-refractivity contribution is 0.187. The van der Waals surface area contributed by atoms with Crippen molar-refractivity contribution in [3.8, 4) is 0 Å². The summed E-state index contributed by atoms with van der Waals surface area (Å²) in [4.78, 5) is 7.44. The van der Waals surface area contributed by atoms with Crippen molar-refractivity contribution >= 4 is 29.9 Å². The summed E-state index contributed by atoms with van der Waals surface area (Å²) >= 11 is 0. The van der Waals surface area contributed by atoms with Crippen LogP contribution in [-0.4, -0.2) is 49.6 Å². The Balaban J connectivity index is 0.00000280. The first-order valence-corrected chi connectivity index (χ1v) is 10.5. The number of benzene rings is 1. The van der Waals surface area contributed by atoms with Crippen molar-refractivity contribution in [3.63, 3.8) is 0 Å². The Morgan fingerprint density at radius 2 is 2.00 bits per heavy atom. The molecule has 0 unspecified atom stereocenters. The Hall–Kier alpha value is -0.890. The molecule has 0 radical (unpaired) electrons. The van der Waals surface area contributed by atoms with Crippen molar-refractivity contribution in [2.24, 2.45) is 10.9 Å². The van der Waals surface area contributed by atoms with Gasteiger partial charge in [-0.05, 0) is 56.2 Å². The van der Waals surface area contributed by atoms with E-state index in [2.05, 4.69) is 36.3 Å². The van der Waals surface area contributed by atoms with Gasteiger partial charge >= 0.3 is 0 Å². The summed E-state index contributed by atoms with van der Waals surface area (Å²) in [5, 5.41) is 7.02. The van der Waals surface area contributed by atoms with E-state index in [9.17, 15) is 4.39 Å². The third-order valence-corrected chi connectivity index (χ3v) is 5.73. The SMILES string of the molecule is CCNC(=NCC1(c2cccc(F)c2)CC1)NC1CCN(CC(C)C)CC1.I. The van der Waals surface area contributed by atoms with E-state index in [-0.39, 0.29) is 35.2 Å². The lowest BCUT2D eigenvalue weighted by Gasteiger charge is -2.34. The highest BCUT2D eigenvalue weighted by Crippen LogP contribution is 2.48. The maximum Gasteiger partial charge on any atom is 0.191 e. The van der Waals surface area contributed by atoms with Crippen molar-refractivity contribution in [1.82, 2.24) is 15.5 Å². The van der Waals surface area contributed by atoms with Gasteiger partial charge in [-0.25, -0.2) is 4.39 Å². The zero-order chi connectivity index (χ0) is 19.3. The van der Waals surface area contributed by atoms with Crippen LogP contribution in [0.15, 0.2) is 29.3 Å². The largest absolute Gasteiger partial charge is 0.357 e. The molecule has 1 saturated carbocycles. The molecule has 0 spiro atoms. The molecular formula is C22H36FIN4. The lowest BCUT2D eigenvalue weighted by Crippen LogP contribution is -2.49. The monoisotopic (exact) mass is 502 g/mol. The molecule has 2 N–H and O–H groups in total. The first-order chi connectivity index (χ1) is 13.0. The zero-order valence-electron chi connectivity index (χ0n) is 17.5. The van der Waals surface area contributed by atoms with Crippen molar-refractivity contribution in [3.05, 3.63) is 35.6 Å².